The quantitative estimate of drug-likeness (QED) is 0.0420. The molecule has 1 amide bonds. The second-order valence-corrected chi connectivity index (χ2v) is 20.0. The predicted octanol–water partition coefficient (Wildman–Crippen LogP) is 19.9. The molecule has 4 heteroatoms. The van der Waals surface area contributed by atoms with Crippen LogP contribution in [0.4, 0.5) is 0 Å². The number of amides is 1. The van der Waals surface area contributed by atoms with Crippen LogP contribution in [-0.2, 0) is 4.79 Å². The zero-order valence-corrected chi connectivity index (χ0v) is 45.4. The van der Waals surface area contributed by atoms with Crippen molar-refractivity contribution < 1.29 is 15.0 Å². The molecular weight excluding hydrogens is 831 g/mol. The summed E-state index contributed by atoms with van der Waals surface area (Å²) in [6.45, 7) is 4.21. The van der Waals surface area contributed by atoms with Gasteiger partial charge >= 0.3 is 0 Å². The third-order valence-corrected chi connectivity index (χ3v) is 13.4. The van der Waals surface area contributed by atoms with Crippen molar-refractivity contribution in [2.24, 2.45) is 0 Å². The number of aliphatic hydroxyl groups is 2. The van der Waals surface area contributed by atoms with Crippen LogP contribution >= 0.6 is 0 Å². The summed E-state index contributed by atoms with van der Waals surface area (Å²) in [4.78, 5) is 12.5. The average molecular weight is 947 g/mol. The summed E-state index contributed by atoms with van der Waals surface area (Å²) < 4.78 is 0. The fraction of sp³-hybridized carbons (Fsp3) is 0.766. The van der Waals surface area contributed by atoms with Crippen molar-refractivity contribution >= 4 is 5.91 Å². The van der Waals surface area contributed by atoms with Crippen LogP contribution in [0.2, 0.25) is 0 Å². The first-order valence-corrected chi connectivity index (χ1v) is 29.8. The second kappa shape index (κ2) is 58.9. The third kappa shape index (κ3) is 54.5. The molecule has 4 nitrogen and oxygen atoms in total. The lowest BCUT2D eigenvalue weighted by Crippen LogP contribution is -2.45. The molecule has 0 fully saturated rings. The number of hydrogen-bond acceptors (Lipinski definition) is 3. The van der Waals surface area contributed by atoms with Crippen LogP contribution in [-0.4, -0.2) is 34.9 Å². The maximum Gasteiger partial charge on any atom is 0.220 e. The highest BCUT2D eigenvalue weighted by atomic mass is 16.3. The Labute approximate surface area is 424 Å². The molecule has 0 bridgehead atoms. The summed E-state index contributed by atoms with van der Waals surface area (Å²) in [5.74, 6) is -0.0620. The molecule has 2 unspecified atom stereocenters. The summed E-state index contributed by atoms with van der Waals surface area (Å²) in [5, 5.41) is 23.2. The van der Waals surface area contributed by atoms with Gasteiger partial charge < -0.3 is 15.5 Å². The van der Waals surface area contributed by atoms with Gasteiger partial charge in [-0.05, 0) is 70.6 Å². The van der Waals surface area contributed by atoms with Crippen LogP contribution in [0.1, 0.15) is 296 Å². The minimum absolute atomic E-state index is 0.0620. The van der Waals surface area contributed by atoms with Crippen molar-refractivity contribution in [1.29, 1.82) is 0 Å². The Hall–Kier alpha value is -2.43. The maximum absolute atomic E-state index is 12.5. The lowest BCUT2D eigenvalue weighted by atomic mass is 10.0. The Kier molecular flexibility index (Phi) is 56.8. The molecule has 0 aromatic rings. The smallest absolute Gasteiger partial charge is 0.220 e. The van der Waals surface area contributed by atoms with E-state index >= 15 is 0 Å². The third-order valence-electron chi connectivity index (χ3n) is 13.4. The summed E-state index contributed by atoms with van der Waals surface area (Å²) >= 11 is 0. The van der Waals surface area contributed by atoms with Gasteiger partial charge in [0.25, 0.3) is 0 Å². The molecule has 0 aliphatic rings. The average Bonchev–Trinajstić information content (AvgIpc) is 3.34. The molecule has 0 aliphatic heterocycles. The largest absolute Gasteiger partial charge is 0.394 e. The Bertz CT molecular complexity index is 1210. The molecule has 68 heavy (non-hydrogen) atoms. The normalized spacial score (nSPS) is 13.4. The van der Waals surface area contributed by atoms with Gasteiger partial charge in [-0.25, -0.2) is 0 Å². The van der Waals surface area contributed by atoms with Crippen LogP contribution in [0.15, 0.2) is 85.1 Å². The number of unbranched alkanes of at least 4 members (excludes halogenated alkanes) is 35. The molecule has 0 aliphatic carbocycles. The summed E-state index contributed by atoms with van der Waals surface area (Å²) in [6.07, 6.45) is 86.1. The predicted molar refractivity (Wildman–Crippen MR) is 303 cm³/mol. The van der Waals surface area contributed by atoms with Gasteiger partial charge in [0.2, 0.25) is 5.91 Å². The van der Waals surface area contributed by atoms with Crippen LogP contribution in [0.25, 0.3) is 0 Å². The highest BCUT2D eigenvalue weighted by molar-refractivity contribution is 5.76. The fourth-order valence-corrected chi connectivity index (χ4v) is 8.89. The van der Waals surface area contributed by atoms with Crippen molar-refractivity contribution in [2.45, 2.75) is 309 Å². The first-order valence-electron chi connectivity index (χ1n) is 29.8. The lowest BCUT2D eigenvalue weighted by Gasteiger charge is -2.20. The number of rotatable bonds is 54. The molecular formula is C64H115NO3. The maximum atomic E-state index is 12.5. The molecule has 0 heterocycles. The van der Waals surface area contributed by atoms with E-state index in [-0.39, 0.29) is 12.5 Å². The van der Waals surface area contributed by atoms with E-state index in [1.54, 1.807) is 6.08 Å². The van der Waals surface area contributed by atoms with Crippen LogP contribution in [0, 0.1) is 0 Å². The van der Waals surface area contributed by atoms with Gasteiger partial charge in [0, 0.05) is 6.42 Å². The van der Waals surface area contributed by atoms with E-state index in [0.717, 1.165) is 64.2 Å². The van der Waals surface area contributed by atoms with E-state index in [9.17, 15) is 15.0 Å². The van der Waals surface area contributed by atoms with Gasteiger partial charge in [0.1, 0.15) is 0 Å². The van der Waals surface area contributed by atoms with E-state index in [0.29, 0.717) is 6.42 Å². The first-order chi connectivity index (χ1) is 33.7. The Morgan fingerprint density at radius 3 is 0.971 bits per heavy atom. The standard InChI is InChI=1S/C64H115NO3/c1-3-5-7-9-11-13-15-17-19-21-23-24-25-26-27-28-29-30-31-32-33-34-35-36-37-38-39-40-42-44-46-48-50-52-54-56-58-60-64(68)65-62(61-66)63(67)59-57-55-53-51-49-47-45-43-41-22-20-18-16-14-12-10-8-6-4-2/h5,7,11,13,17,19,23-24,26-27,29-30,57,59,62-63,66-67H,3-4,6,8-10,12,14-16,18,20-22,25,28,31-56,58,60-61H2,1-2H3,(H,65,68)/b7-5-,13-11-,19-17-,24-23-,27-26-,30-29-,59-57+. The molecule has 0 aromatic carbocycles. The molecule has 0 radical (unpaired) electrons. The lowest BCUT2D eigenvalue weighted by molar-refractivity contribution is -0.123. The number of nitrogens with one attached hydrogen (secondary N) is 1. The number of allylic oxidation sites excluding steroid dienone is 13. The topological polar surface area (TPSA) is 69.6 Å². The monoisotopic (exact) mass is 946 g/mol. The molecule has 0 saturated carbocycles. The van der Waals surface area contributed by atoms with E-state index in [2.05, 4.69) is 92.1 Å². The minimum atomic E-state index is -0.842. The molecule has 394 valence electrons. The SMILES string of the molecule is CC/C=C\C/C=C\C/C=C\C/C=C\C/C=C\C/C=C\CCCCCCCCCCCCCCCCCCCCC(=O)NC(CO)C(O)/C=C/CCCCCCCCCCCCCCCCCCC. The number of aliphatic hydroxyl groups excluding tert-OH is 2. The first kappa shape index (κ1) is 65.6. The fourth-order valence-electron chi connectivity index (χ4n) is 8.89. The summed E-state index contributed by atoms with van der Waals surface area (Å²) in [6, 6.07) is -0.625. The van der Waals surface area contributed by atoms with Crippen molar-refractivity contribution in [3.63, 3.8) is 0 Å². The molecule has 0 spiro atoms. The molecule has 0 rings (SSSR count). The van der Waals surface area contributed by atoms with Gasteiger partial charge in [-0.15, -0.1) is 0 Å². The molecule has 0 saturated heterocycles. The van der Waals surface area contributed by atoms with Gasteiger partial charge in [0.15, 0.2) is 0 Å². The van der Waals surface area contributed by atoms with Gasteiger partial charge in [-0.1, -0.05) is 304 Å². The van der Waals surface area contributed by atoms with Gasteiger partial charge in [0.05, 0.1) is 18.8 Å². The number of hydrogen-bond donors (Lipinski definition) is 3. The Balaban J connectivity index is 3.48. The van der Waals surface area contributed by atoms with Crippen LogP contribution in [0.3, 0.4) is 0 Å². The van der Waals surface area contributed by atoms with E-state index < -0.39 is 12.1 Å². The highest BCUT2D eigenvalue weighted by Gasteiger charge is 2.18. The van der Waals surface area contributed by atoms with Crippen molar-refractivity contribution in [3.8, 4) is 0 Å². The molecule has 0 aromatic heterocycles. The molecule has 2 atom stereocenters. The van der Waals surface area contributed by atoms with E-state index in [4.69, 9.17) is 0 Å². The second-order valence-electron chi connectivity index (χ2n) is 20.0. The van der Waals surface area contributed by atoms with Gasteiger partial charge in [-0.2, -0.15) is 0 Å². The zero-order chi connectivity index (χ0) is 49.2. The summed E-state index contributed by atoms with van der Waals surface area (Å²) in [5.41, 5.74) is 0. The minimum Gasteiger partial charge on any atom is -0.394 e. The van der Waals surface area contributed by atoms with Crippen molar-refractivity contribution in [3.05, 3.63) is 85.1 Å². The van der Waals surface area contributed by atoms with Crippen molar-refractivity contribution in [2.75, 3.05) is 6.61 Å². The van der Waals surface area contributed by atoms with Gasteiger partial charge in [-0.3, -0.25) is 4.79 Å². The summed E-state index contributed by atoms with van der Waals surface area (Å²) in [7, 11) is 0. The number of carbonyl (C=O) groups is 1. The number of carbonyl (C=O) groups excluding carboxylic acids is 1. The molecule has 3 N–H and O–H groups in total. The van der Waals surface area contributed by atoms with E-state index in [1.807, 2.05) is 6.08 Å². The van der Waals surface area contributed by atoms with E-state index in [1.165, 1.54) is 212 Å². The highest BCUT2D eigenvalue weighted by Crippen LogP contribution is 2.17. The van der Waals surface area contributed by atoms with Crippen LogP contribution < -0.4 is 5.32 Å². The van der Waals surface area contributed by atoms with Crippen LogP contribution in [0.5, 0.6) is 0 Å². The Morgan fingerprint density at radius 1 is 0.368 bits per heavy atom. The van der Waals surface area contributed by atoms with Crippen molar-refractivity contribution in [1.82, 2.24) is 5.32 Å². The Morgan fingerprint density at radius 2 is 0.647 bits per heavy atom. The zero-order valence-electron chi connectivity index (χ0n) is 45.4.